The summed E-state index contributed by atoms with van der Waals surface area (Å²) in [7, 11) is 2.48. The third-order valence-electron chi connectivity index (χ3n) is 8.69. The summed E-state index contributed by atoms with van der Waals surface area (Å²) in [6.45, 7) is 11.9. The van der Waals surface area contributed by atoms with E-state index in [0.29, 0.717) is 11.4 Å². The largest absolute Gasteiger partial charge is 0.496 e. The van der Waals surface area contributed by atoms with Crippen molar-refractivity contribution in [1.29, 1.82) is 0 Å². The molecule has 0 radical (unpaired) electrons. The van der Waals surface area contributed by atoms with Gasteiger partial charge in [0.15, 0.2) is 5.65 Å². The van der Waals surface area contributed by atoms with Crippen LogP contribution in [0.2, 0.25) is 5.15 Å². The first-order valence-electron chi connectivity index (χ1n) is 16.9. The highest BCUT2D eigenvalue weighted by atomic mass is 35.5. The summed E-state index contributed by atoms with van der Waals surface area (Å²) < 4.78 is 32.8. The average Bonchev–Trinajstić information content (AvgIpc) is 3.09. The number of rotatable bonds is 8. The highest BCUT2D eigenvalue weighted by molar-refractivity contribution is 6.33. The highest BCUT2D eigenvalue weighted by Gasteiger charge is 2.42. The molecular formula is C36H41ClFN7O8. The van der Waals surface area contributed by atoms with Crippen LogP contribution in [0.1, 0.15) is 71.7 Å². The van der Waals surface area contributed by atoms with E-state index in [4.69, 9.17) is 25.8 Å². The van der Waals surface area contributed by atoms with Crippen molar-refractivity contribution >= 4 is 46.1 Å². The minimum absolute atomic E-state index is 0.00523. The van der Waals surface area contributed by atoms with Gasteiger partial charge in [-0.05, 0) is 50.8 Å². The van der Waals surface area contributed by atoms with Crippen LogP contribution in [0.15, 0.2) is 35.4 Å². The first-order valence-corrected chi connectivity index (χ1v) is 17.2. The first kappa shape index (κ1) is 38.8. The Morgan fingerprint density at radius 2 is 1.70 bits per heavy atom. The molecular weight excluding hydrogens is 713 g/mol. The maximum atomic E-state index is 15.6. The number of piperazine rings is 1. The standard InChI is InChI=1S/C36H41ClFN7O8/c1-18(2)26-29(27(19(3)4)40-17-39-26)44-32-21(15-20(31(37)41-32)25-22(38)11-10-12-24(25)51-8)28(30(33(44)46)45(49)50)43-14-13-42(16-23(43)34(47)52-9)35(48)53-36(5,6)7/h10-12,15,17-19,23H,13-14,16H2,1-9H3/t23-/m1/s1. The molecule has 1 amide bonds. The van der Waals surface area contributed by atoms with E-state index in [-0.39, 0.29) is 75.9 Å². The fraction of sp³-hybridized carbons (Fsp3) is 0.444. The number of pyridine rings is 2. The molecule has 0 unspecified atom stereocenters. The lowest BCUT2D eigenvalue weighted by Crippen LogP contribution is -2.59. The zero-order valence-electron chi connectivity index (χ0n) is 30.9. The number of carbonyl (C=O) groups is 2. The predicted molar refractivity (Wildman–Crippen MR) is 196 cm³/mol. The number of halogens is 2. The summed E-state index contributed by atoms with van der Waals surface area (Å²) in [5.41, 5.74) is -2.42. The molecule has 1 fully saturated rings. The minimum Gasteiger partial charge on any atom is -0.496 e. The number of anilines is 1. The van der Waals surface area contributed by atoms with Gasteiger partial charge in [-0.2, -0.15) is 0 Å². The molecule has 282 valence electrons. The van der Waals surface area contributed by atoms with Gasteiger partial charge in [-0.1, -0.05) is 45.4 Å². The summed E-state index contributed by atoms with van der Waals surface area (Å²) in [4.78, 5) is 70.0. The van der Waals surface area contributed by atoms with Crippen molar-refractivity contribution < 1.29 is 33.1 Å². The van der Waals surface area contributed by atoms with Crippen LogP contribution in [0, 0.1) is 15.9 Å². The predicted octanol–water partition coefficient (Wildman–Crippen LogP) is 6.40. The molecule has 0 N–H and O–H groups in total. The van der Waals surface area contributed by atoms with Crippen LogP contribution >= 0.6 is 11.6 Å². The van der Waals surface area contributed by atoms with Crippen LogP contribution in [0.4, 0.5) is 20.6 Å². The number of carbonyl (C=O) groups excluding carboxylic acids is 2. The van der Waals surface area contributed by atoms with Gasteiger partial charge in [0.05, 0.1) is 48.3 Å². The third kappa shape index (κ3) is 7.32. The van der Waals surface area contributed by atoms with Gasteiger partial charge in [0.25, 0.3) is 0 Å². The SMILES string of the molecule is COC(=O)[C@H]1CN(C(=O)OC(C)(C)C)CCN1c1c([N+](=O)[O-])c(=O)n(-c2c(C(C)C)ncnc2C(C)C)c2nc(Cl)c(-c3c(F)cccc3OC)cc12. The molecule has 3 aromatic heterocycles. The fourth-order valence-electron chi connectivity index (χ4n) is 6.39. The number of fused-ring (bicyclic) bond motifs is 1. The van der Waals surface area contributed by atoms with E-state index in [2.05, 4.69) is 15.0 Å². The van der Waals surface area contributed by atoms with Gasteiger partial charge < -0.3 is 24.0 Å². The number of esters is 1. The molecule has 5 rings (SSSR count). The molecule has 1 saturated heterocycles. The number of hydrogen-bond acceptors (Lipinski definition) is 12. The molecule has 0 spiro atoms. The van der Waals surface area contributed by atoms with Crippen molar-refractivity contribution in [2.24, 2.45) is 0 Å². The van der Waals surface area contributed by atoms with Gasteiger partial charge >= 0.3 is 23.3 Å². The second kappa shape index (κ2) is 14.9. The number of aromatic nitrogens is 4. The summed E-state index contributed by atoms with van der Waals surface area (Å²) in [6, 6.07) is 4.18. The second-order valence-electron chi connectivity index (χ2n) is 14.1. The summed E-state index contributed by atoms with van der Waals surface area (Å²) in [5.74, 6) is -2.04. The van der Waals surface area contributed by atoms with Crippen LogP contribution in [0.25, 0.3) is 27.8 Å². The van der Waals surface area contributed by atoms with Crippen LogP contribution < -0.4 is 15.2 Å². The average molecular weight is 754 g/mol. The molecule has 53 heavy (non-hydrogen) atoms. The normalized spacial score (nSPS) is 14.9. The van der Waals surface area contributed by atoms with Crippen LogP contribution in [0.3, 0.4) is 0 Å². The molecule has 0 saturated carbocycles. The molecule has 1 aliphatic rings. The summed E-state index contributed by atoms with van der Waals surface area (Å²) in [6.07, 6.45) is 0.646. The van der Waals surface area contributed by atoms with Gasteiger partial charge in [-0.3, -0.25) is 19.5 Å². The van der Waals surface area contributed by atoms with Crippen molar-refractivity contribution in [2.45, 2.75) is 71.9 Å². The molecule has 4 heterocycles. The Morgan fingerprint density at radius 3 is 2.25 bits per heavy atom. The number of benzene rings is 1. The van der Waals surface area contributed by atoms with Crippen molar-refractivity contribution in [3.63, 3.8) is 0 Å². The maximum Gasteiger partial charge on any atom is 0.410 e. The number of nitrogens with zero attached hydrogens (tertiary/aromatic N) is 7. The number of hydrogen-bond donors (Lipinski definition) is 0. The fourth-order valence-corrected chi connectivity index (χ4v) is 6.62. The quantitative estimate of drug-likeness (QED) is 0.0841. The molecule has 0 bridgehead atoms. The third-order valence-corrected chi connectivity index (χ3v) is 8.98. The Kier molecular flexibility index (Phi) is 10.9. The van der Waals surface area contributed by atoms with E-state index in [1.54, 1.807) is 20.8 Å². The van der Waals surface area contributed by atoms with Gasteiger partial charge in [0, 0.05) is 24.0 Å². The second-order valence-corrected chi connectivity index (χ2v) is 14.4. The van der Waals surface area contributed by atoms with Crippen LogP contribution in [-0.4, -0.2) is 86.9 Å². The van der Waals surface area contributed by atoms with Crippen molar-refractivity contribution in [3.05, 3.63) is 73.4 Å². The molecule has 17 heteroatoms. The van der Waals surface area contributed by atoms with Crippen molar-refractivity contribution in [3.8, 4) is 22.6 Å². The Labute approximate surface area is 309 Å². The zero-order valence-corrected chi connectivity index (χ0v) is 31.6. The number of nitro groups is 1. The Bertz CT molecular complexity index is 2140. The molecule has 1 atom stereocenters. The van der Waals surface area contributed by atoms with Gasteiger partial charge in [0.1, 0.15) is 40.4 Å². The van der Waals surface area contributed by atoms with E-state index in [1.165, 1.54) is 47.5 Å². The van der Waals surface area contributed by atoms with Crippen LogP contribution in [-0.2, 0) is 14.3 Å². The first-order chi connectivity index (χ1) is 24.9. The van der Waals surface area contributed by atoms with E-state index in [0.717, 1.165) is 11.7 Å². The van der Waals surface area contributed by atoms with E-state index < -0.39 is 45.7 Å². The summed E-state index contributed by atoms with van der Waals surface area (Å²) >= 11 is 6.84. The molecule has 15 nitrogen and oxygen atoms in total. The maximum absolute atomic E-state index is 15.6. The van der Waals surface area contributed by atoms with Crippen molar-refractivity contribution in [2.75, 3.05) is 38.8 Å². The molecule has 1 aromatic carbocycles. The van der Waals surface area contributed by atoms with Gasteiger partial charge in [-0.15, -0.1) is 0 Å². The Hall–Kier alpha value is -5.38. The minimum atomic E-state index is -1.35. The number of amides is 1. The Morgan fingerprint density at radius 1 is 1.06 bits per heavy atom. The number of methoxy groups -OCH3 is 2. The van der Waals surface area contributed by atoms with Crippen LogP contribution in [0.5, 0.6) is 5.75 Å². The highest BCUT2D eigenvalue weighted by Crippen LogP contribution is 2.43. The van der Waals surface area contributed by atoms with Gasteiger partial charge in [-0.25, -0.2) is 28.9 Å². The molecule has 4 aromatic rings. The molecule has 0 aliphatic carbocycles. The van der Waals surface area contributed by atoms with Gasteiger partial charge in [0.2, 0.25) is 0 Å². The molecule has 1 aliphatic heterocycles. The zero-order chi connectivity index (χ0) is 39.1. The van der Waals surface area contributed by atoms with Crippen molar-refractivity contribution in [1.82, 2.24) is 24.4 Å². The van der Waals surface area contributed by atoms with E-state index >= 15 is 4.39 Å². The van der Waals surface area contributed by atoms with E-state index in [9.17, 15) is 24.5 Å². The lowest BCUT2D eigenvalue weighted by atomic mass is 9.99. The monoisotopic (exact) mass is 753 g/mol. The smallest absolute Gasteiger partial charge is 0.410 e. The van der Waals surface area contributed by atoms with E-state index in [1.807, 2.05) is 27.7 Å². The topological polar surface area (TPSA) is 172 Å². The number of ether oxygens (including phenoxy) is 3. The summed E-state index contributed by atoms with van der Waals surface area (Å²) in [5, 5.41) is 12.9. The Balaban J connectivity index is 1.96. The lowest BCUT2D eigenvalue weighted by molar-refractivity contribution is -0.385. The lowest BCUT2D eigenvalue weighted by Gasteiger charge is -2.41.